The van der Waals surface area contributed by atoms with Gasteiger partial charge in [-0.2, -0.15) is 0 Å². The van der Waals surface area contributed by atoms with Gasteiger partial charge in [-0.15, -0.1) is 0 Å². The number of H-pyrrole nitrogens is 1. The fraction of sp³-hybridized carbons (Fsp3) is 0.529. The van der Waals surface area contributed by atoms with Crippen molar-refractivity contribution in [2.75, 3.05) is 13.2 Å². The van der Waals surface area contributed by atoms with Crippen molar-refractivity contribution in [1.82, 2.24) is 9.55 Å². The van der Waals surface area contributed by atoms with E-state index in [2.05, 4.69) is 4.98 Å². The Labute approximate surface area is 134 Å². The molecule has 1 aromatic carbocycles. The standard InChI is InChI=1S/C17H22N2O4/c1-3-22-14-9-12-13(10-15(14)23-4-2)18-17(21)19(16(12)20)11-7-5-6-8-11/h9-11H,3-8H2,1-2H3,(H,18,21). The topological polar surface area (TPSA) is 73.3 Å². The van der Waals surface area contributed by atoms with Gasteiger partial charge in [0.05, 0.1) is 24.1 Å². The molecule has 124 valence electrons. The fourth-order valence-corrected chi connectivity index (χ4v) is 3.27. The van der Waals surface area contributed by atoms with Crippen LogP contribution in [0.5, 0.6) is 11.5 Å². The quantitative estimate of drug-likeness (QED) is 0.919. The van der Waals surface area contributed by atoms with E-state index in [4.69, 9.17) is 9.47 Å². The first-order valence-electron chi connectivity index (χ1n) is 8.23. The Morgan fingerprint density at radius 2 is 1.70 bits per heavy atom. The van der Waals surface area contributed by atoms with Crippen LogP contribution in [0.25, 0.3) is 10.9 Å². The zero-order chi connectivity index (χ0) is 16.4. The van der Waals surface area contributed by atoms with Crippen molar-refractivity contribution >= 4 is 10.9 Å². The number of aromatic amines is 1. The molecule has 0 radical (unpaired) electrons. The van der Waals surface area contributed by atoms with Crippen molar-refractivity contribution in [1.29, 1.82) is 0 Å². The van der Waals surface area contributed by atoms with Crippen LogP contribution < -0.4 is 20.7 Å². The third-order valence-electron chi connectivity index (χ3n) is 4.28. The summed E-state index contributed by atoms with van der Waals surface area (Å²) in [6, 6.07) is 3.34. The second kappa shape index (κ2) is 6.48. The number of nitrogens with one attached hydrogen (secondary N) is 1. The molecule has 1 saturated carbocycles. The minimum atomic E-state index is -0.346. The van der Waals surface area contributed by atoms with Crippen molar-refractivity contribution in [3.63, 3.8) is 0 Å². The first-order chi connectivity index (χ1) is 11.2. The van der Waals surface area contributed by atoms with Gasteiger partial charge < -0.3 is 14.5 Å². The maximum atomic E-state index is 12.8. The SMILES string of the molecule is CCOc1cc2[nH]c(=O)n(C3CCCC3)c(=O)c2cc1OCC. The molecule has 0 bridgehead atoms. The number of hydrogen-bond acceptors (Lipinski definition) is 4. The van der Waals surface area contributed by atoms with Crippen molar-refractivity contribution in [2.24, 2.45) is 0 Å². The van der Waals surface area contributed by atoms with E-state index in [0.717, 1.165) is 25.7 Å². The van der Waals surface area contributed by atoms with Crippen LogP contribution in [0.3, 0.4) is 0 Å². The van der Waals surface area contributed by atoms with Crippen LogP contribution in [0.2, 0.25) is 0 Å². The van der Waals surface area contributed by atoms with E-state index >= 15 is 0 Å². The predicted octanol–water partition coefficient (Wildman–Crippen LogP) is 2.60. The average Bonchev–Trinajstić information content (AvgIpc) is 3.03. The molecule has 3 rings (SSSR count). The highest BCUT2D eigenvalue weighted by atomic mass is 16.5. The summed E-state index contributed by atoms with van der Waals surface area (Å²) < 4.78 is 12.5. The lowest BCUT2D eigenvalue weighted by Gasteiger charge is -2.15. The molecule has 1 aliphatic rings. The van der Waals surface area contributed by atoms with E-state index in [1.807, 2.05) is 13.8 Å². The lowest BCUT2D eigenvalue weighted by molar-refractivity contribution is 0.288. The molecular weight excluding hydrogens is 296 g/mol. The average molecular weight is 318 g/mol. The highest BCUT2D eigenvalue weighted by Crippen LogP contribution is 2.31. The Hall–Kier alpha value is -2.24. The smallest absolute Gasteiger partial charge is 0.329 e. The zero-order valence-corrected chi connectivity index (χ0v) is 13.6. The predicted molar refractivity (Wildman–Crippen MR) is 88.7 cm³/mol. The van der Waals surface area contributed by atoms with Crippen molar-refractivity contribution in [2.45, 2.75) is 45.6 Å². The van der Waals surface area contributed by atoms with E-state index in [-0.39, 0.29) is 17.3 Å². The van der Waals surface area contributed by atoms with Crippen molar-refractivity contribution < 1.29 is 9.47 Å². The van der Waals surface area contributed by atoms with Crippen molar-refractivity contribution in [3.05, 3.63) is 33.0 Å². The molecule has 1 N–H and O–H groups in total. The van der Waals surface area contributed by atoms with E-state index in [9.17, 15) is 9.59 Å². The van der Waals surface area contributed by atoms with Crippen LogP contribution >= 0.6 is 0 Å². The van der Waals surface area contributed by atoms with Gasteiger partial charge >= 0.3 is 5.69 Å². The summed E-state index contributed by atoms with van der Waals surface area (Å²) in [6.45, 7) is 4.71. The number of rotatable bonds is 5. The van der Waals surface area contributed by atoms with Gasteiger partial charge in [-0.1, -0.05) is 12.8 Å². The van der Waals surface area contributed by atoms with E-state index in [1.54, 1.807) is 12.1 Å². The van der Waals surface area contributed by atoms with Crippen LogP contribution in [-0.2, 0) is 0 Å². The number of nitrogens with zero attached hydrogens (tertiary/aromatic N) is 1. The summed E-state index contributed by atoms with van der Waals surface area (Å²) in [5, 5.41) is 0.461. The summed E-state index contributed by atoms with van der Waals surface area (Å²) in [5.41, 5.74) is -0.109. The van der Waals surface area contributed by atoms with Gasteiger partial charge in [-0.3, -0.25) is 9.36 Å². The summed E-state index contributed by atoms with van der Waals surface area (Å²) in [7, 11) is 0. The van der Waals surface area contributed by atoms with Crippen molar-refractivity contribution in [3.8, 4) is 11.5 Å². The number of aromatic nitrogens is 2. The highest BCUT2D eigenvalue weighted by molar-refractivity contribution is 5.81. The molecule has 0 saturated heterocycles. The Kier molecular flexibility index (Phi) is 4.41. The van der Waals surface area contributed by atoms with Gasteiger partial charge in [0.15, 0.2) is 11.5 Å². The van der Waals surface area contributed by atoms with E-state index < -0.39 is 0 Å². The Morgan fingerprint density at radius 3 is 2.30 bits per heavy atom. The molecule has 0 atom stereocenters. The summed E-state index contributed by atoms with van der Waals surface area (Å²) in [5.74, 6) is 1.07. The van der Waals surface area contributed by atoms with E-state index in [1.165, 1.54) is 4.57 Å². The van der Waals surface area contributed by atoms with E-state index in [0.29, 0.717) is 35.6 Å². The summed E-state index contributed by atoms with van der Waals surface area (Å²) in [6.07, 6.45) is 3.87. The van der Waals surface area contributed by atoms with Gasteiger partial charge in [0.25, 0.3) is 5.56 Å². The van der Waals surface area contributed by atoms with Crippen LogP contribution in [0.4, 0.5) is 0 Å². The molecule has 0 spiro atoms. The molecule has 0 unspecified atom stereocenters. The molecule has 1 fully saturated rings. The molecule has 1 aromatic heterocycles. The molecule has 1 aliphatic carbocycles. The first kappa shape index (κ1) is 15.6. The number of fused-ring (bicyclic) bond motifs is 1. The monoisotopic (exact) mass is 318 g/mol. The maximum Gasteiger partial charge on any atom is 0.329 e. The molecule has 6 nitrogen and oxygen atoms in total. The Morgan fingerprint density at radius 1 is 1.09 bits per heavy atom. The highest BCUT2D eigenvalue weighted by Gasteiger charge is 2.22. The third kappa shape index (κ3) is 2.85. The van der Waals surface area contributed by atoms with Gasteiger partial charge in [-0.25, -0.2) is 4.79 Å². The van der Waals surface area contributed by atoms with Crippen LogP contribution in [-0.4, -0.2) is 22.8 Å². The Balaban J connectivity index is 2.21. The molecule has 0 aliphatic heterocycles. The summed E-state index contributed by atoms with van der Waals surface area (Å²) >= 11 is 0. The number of hydrogen-bond donors (Lipinski definition) is 1. The molecule has 23 heavy (non-hydrogen) atoms. The second-order valence-corrected chi connectivity index (χ2v) is 5.75. The molecule has 6 heteroatoms. The van der Waals surface area contributed by atoms with Crippen LogP contribution in [0, 0.1) is 0 Å². The third-order valence-corrected chi connectivity index (χ3v) is 4.28. The minimum Gasteiger partial charge on any atom is -0.490 e. The first-order valence-corrected chi connectivity index (χ1v) is 8.23. The number of ether oxygens (including phenoxy) is 2. The van der Waals surface area contributed by atoms with Crippen LogP contribution in [0.15, 0.2) is 21.7 Å². The van der Waals surface area contributed by atoms with Gasteiger partial charge in [0.1, 0.15) is 0 Å². The fourth-order valence-electron chi connectivity index (χ4n) is 3.27. The molecule has 0 amide bonds. The lowest BCUT2D eigenvalue weighted by Crippen LogP contribution is -2.37. The normalized spacial score (nSPS) is 15.2. The van der Waals surface area contributed by atoms with Gasteiger partial charge in [-0.05, 0) is 32.8 Å². The van der Waals surface area contributed by atoms with Gasteiger partial charge in [0.2, 0.25) is 0 Å². The number of benzene rings is 1. The van der Waals surface area contributed by atoms with Crippen LogP contribution in [0.1, 0.15) is 45.6 Å². The Bertz CT molecular complexity index is 816. The maximum absolute atomic E-state index is 12.8. The molecule has 2 aromatic rings. The summed E-state index contributed by atoms with van der Waals surface area (Å²) in [4.78, 5) is 28.0. The zero-order valence-electron chi connectivity index (χ0n) is 13.6. The minimum absolute atomic E-state index is 0.00207. The van der Waals surface area contributed by atoms with Gasteiger partial charge in [0, 0.05) is 12.1 Å². The molecule has 1 heterocycles. The molecular formula is C17H22N2O4. The second-order valence-electron chi connectivity index (χ2n) is 5.75. The lowest BCUT2D eigenvalue weighted by atomic mass is 10.2. The largest absolute Gasteiger partial charge is 0.490 e.